The molecule has 1 aliphatic rings. The van der Waals surface area contributed by atoms with Crippen LogP contribution in [-0.4, -0.2) is 31.7 Å². The first kappa shape index (κ1) is 17.5. The average molecular weight is 378 g/mol. The van der Waals surface area contributed by atoms with Gasteiger partial charge in [-0.2, -0.15) is 0 Å². The van der Waals surface area contributed by atoms with E-state index < -0.39 is 10.9 Å². The molecule has 8 heteroatoms. The third-order valence-corrected chi connectivity index (χ3v) is 4.60. The van der Waals surface area contributed by atoms with Crippen LogP contribution in [0.15, 0.2) is 42.5 Å². The molecule has 0 bridgehead atoms. The number of benzene rings is 2. The van der Waals surface area contributed by atoms with Crippen molar-refractivity contribution >= 4 is 39.5 Å². The lowest BCUT2D eigenvalue weighted by Crippen LogP contribution is -2.19. The molecule has 1 heterocycles. The molecular weight excluding hydrogens is 360 g/mol. The maximum Gasteiger partial charge on any atom is 0.222 e. The fraction of sp³-hybridized carbons (Fsp3) is 0.235. The Morgan fingerprint density at radius 3 is 2.44 bits per heavy atom. The number of anilines is 2. The molecule has 1 saturated heterocycles. The molecule has 2 aromatic rings. The molecule has 132 valence electrons. The van der Waals surface area contributed by atoms with Crippen molar-refractivity contribution in [3.05, 3.63) is 48.0 Å². The van der Waals surface area contributed by atoms with Crippen molar-refractivity contribution in [1.82, 2.24) is 0 Å². The minimum atomic E-state index is -2.90. The number of hydrogen-bond donors (Lipinski definition) is 3. The normalized spacial score (nSPS) is 13.9. The zero-order valence-corrected chi connectivity index (χ0v) is 15.1. The van der Waals surface area contributed by atoms with Crippen molar-refractivity contribution in [1.29, 1.82) is 0 Å². The lowest BCUT2D eigenvalue weighted by Gasteiger charge is -2.24. The molecule has 0 unspecified atom stereocenters. The van der Waals surface area contributed by atoms with Gasteiger partial charge in [0.1, 0.15) is 5.75 Å². The van der Waals surface area contributed by atoms with E-state index in [4.69, 9.17) is 17.0 Å². The average Bonchev–Trinajstić information content (AvgIpc) is 3.11. The number of thiol groups is 1. The lowest BCUT2D eigenvalue weighted by molar-refractivity contribution is 0.484. The summed E-state index contributed by atoms with van der Waals surface area (Å²) in [4.78, 5) is 2.10. The third kappa shape index (κ3) is 4.21. The van der Waals surface area contributed by atoms with Crippen LogP contribution in [-0.2, 0) is 10.9 Å². The number of aliphatic hydroxyl groups is 1. The second-order valence-corrected chi connectivity index (χ2v) is 6.78. The Kier molecular flexibility index (Phi) is 5.40. The van der Waals surface area contributed by atoms with Gasteiger partial charge in [-0.05, 0) is 49.3 Å². The van der Waals surface area contributed by atoms with E-state index in [1.807, 2.05) is 18.2 Å². The van der Waals surface area contributed by atoms with E-state index in [0.29, 0.717) is 22.7 Å². The largest absolute Gasteiger partial charge is 0.499 e. The summed E-state index contributed by atoms with van der Waals surface area (Å²) in [6, 6.07) is 12.3. The molecule has 1 aliphatic heterocycles. The summed E-state index contributed by atoms with van der Waals surface area (Å²) in [6.45, 7) is 1.66. The number of nitrogens with one attached hydrogen (secondary N) is 1. The topological polar surface area (TPSA) is 78.9 Å². The minimum Gasteiger partial charge on any atom is -0.499 e. The molecule has 25 heavy (non-hydrogen) atoms. The van der Waals surface area contributed by atoms with Crippen LogP contribution < -0.4 is 14.4 Å². The van der Waals surface area contributed by atoms with Gasteiger partial charge in [-0.15, -0.1) is 0 Å². The van der Waals surface area contributed by atoms with Gasteiger partial charge in [0.25, 0.3) is 0 Å². The van der Waals surface area contributed by atoms with Crippen LogP contribution in [0.25, 0.3) is 0 Å². The van der Waals surface area contributed by atoms with E-state index in [1.54, 1.807) is 18.2 Å². The van der Waals surface area contributed by atoms with E-state index in [0.717, 1.165) is 25.9 Å². The maximum atomic E-state index is 11.2. The van der Waals surface area contributed by atoms with Crippen LogP contribution in [0.3, 0.4) is 0 Å². The number of nitrogens with zero attached hydrogens (tertiary/aromatic N) is 1. The maximum absolute atomic E-state index is 11.2. The molecule has 0 saturated carbocycles. The molecule has 0 amide bonds. The van der Waals surface area contributed by atoms with Crippen LogP contribution in [0.1, 0.15) is 18.4 Å². The molecule has 0 radical (unpaired) electrons. The van der Waals surface area contributed by atoms with E-state index in [1.165, 1.54) is 6.07 Å². The molecule has 2 aromatic carbocycles. The summed E-state index contributed by atoms with van der Waals surface area (Å²) in [5.74, 6) is 0.985. The lowest BCUT2D eigenvalue weighted by atomic mass is 10.1. The van der Waals surface area contributed by atoms with Crippen molar-refractivity contribution < 1.29 is 18.3 Å². The second kappa shape index (κ2) is 7.71. The molecular formula is C17H18N2O4S2. The first-order chi connectivity index (χ1) is 12.0. The van der Waals surface area contributed by atoms with Crippen molar-refractivity contribution in [2.45, 2.75) is 12.8 Å². The number of thiocarbonyl (C=S) groups is 1. The third-order valence-electron chi connectivity index (χ3n) is 3.94. The van der Waals surface area contributed by atoms with Gasteiger partial charge in [-0.3, -0.25) is 4.72 Å². The van der Waals surface area contributed by atoms with Crippen LogP contribution in [0.5, 0.6) is 11.5 Å². The van der Waals surface area contributed by atoms with E-state index in [-0.39, 0.29) is 10.7 Å². The number of para-hydroxylation sites is 1. The van der Waals surface area contributed by atoms with Gasteiger partial charge < -0.3 is 14.7 Å². The van der Waals surface area contributed by atoms with Crippen molar-refractivity contribution in [2.24, 2.45) is 0 Å². The highest BCUT2D eigenvalue weighted by atomic mass is 32.2. The van der Waals surface area contributed by atoms with Gasteiger partial charge >= 0.3 is 0 Å². The number of ether oxygens (including phenoxy) is 1. The van der Waals surface area contributed by atoms with Gasteiger partial charge in [-0.1, -0.05) is 18.2 Å². The fourth-order valence-electron chi connectivity index (χ4n) is 2.82. The Morgan fingerprint density at radius 1 is 1.16 bits per heavy atom. The summed E-state index contributed by atoms with van der Waals surface area (Å²) < 4.78 is 30.9. The van der Waals surface area contributed by atoms with E-state index in [2.05, 4.69) is 9.62 Å². The quantitative estimate of drug-likeness (QED) is 0.529. The predicted molar refractivity (Wildman–Crippen MR) is 103 cm³/mol. The smallest absolute Gasteiger partial charge is 0.222 e. The van der Waals surface area contributed by atoms with Gasteiger partial charge in [0, 0.05) is 18.7 Å². The summed E-state index contributed by atoms with van der Waals surface area (Å²) in [5, 5.41) is 9.43. The Balaban J connectivity index is 2.14. The molecule has 3 rings (SSSR count). The van der Waals surface area contributed by atoms with Gasteiger partial charge in [0.2, 0.25) is 10.9 Å². The summed E-state index contributed by atoms with van der Waals surface area (Å²) in [7, 11) is -2.90. The molecule has 0 aliphatic carbocycles. The Morgan fingerprint density at radius 2 is 1.84 bits per heavy atom. The molecule has 2 N–H and O–H groups in total. The molecule has 0 aromatic heterocycles. The van der Waals surface area contributed by atoms with Gasteiger partial charge in [0.15, 0.2) is 10.8 Å². The number of aliphatic hydroxyl groups excluding tert-OH is 1. The van der Waals surface area contributed by atoms with Crippen LogP contribution in [0.2, 0.25) is 0 Å². The van der Waals surface area contributed by atoms with Crippen LogP contribution >= 0.6 is 12.2 Å². The van der Waals surface area contributed by atoms with Crippen molar-refractivity contribution in [2.75, 3.05) is 22.7 Å². The Bertz CT molecular complexity index is 839. The summed E-state index contributed by atoms with van der Waals surface area (Å²) >= 11 is 4.86. The van der Waals surface area contributed by atoms with Crippen molar-refractivity contribution in [3.8, 4) is 11.5 Å². The van der Waals surface area contributed by atoms with Crippen molar-refractivity contribution in [3.63, 3.8) is 0 Å². The SMILES string of the molecule is O=[SH](=O)Nc1cc(C(O)=S)cc(N2CCCC2)c1Oc1ccccc1. The Labute approximate surface area is 153 Å². The molecule has 0 spiro atoms. The molecule has 6 nitrogen and oxygen atoms in total. The number of hydrogen-bond acceptors (Lipinski definition) is 5. The highest BCUT2D eigenvalue weighted by molar-refractivity contribution is 7.80. The van der Waals surface area contributed by atoms with E-state index in [9.17, 15) is 13.5 Å². The second-order valence-electron chi connectivity index (χ2n) is 5.66. The zero-order chi connectivity index (χ0) is 17.8. The first-order valence-corrected chi connectivity index (χ1v) is 9.43. The molecule has 0 atom stereocenters. The molecule has 1 fully saturated rings. The van der Waals surface area contributed by atoms with Gasteiger partial charge in [-0.25, -0.2) is 8.42 Å². The van der Waals surface area contributed by atoms with Crippen LogP contribution in [0.4, 0.5) is 11.4 Å². The Hall–Kier alpha value is -2.32. The number of rotatable bonds is 6. The van der Waals surface area contributed by atoms with Gasteiger partial charge in [0.05, 0.1) is 11.4 Å². The summed E-state index contributed by atoms with van der Waals surface area (Å²) in [5.41, 5.74) is 1.32. The van der Waals surface area contributed by atoms with E-state index >= 15 is 0 Å². The zero-order valence-electron chi connectivity index (χ0n) is 13.3. The summed E-state index contributed by atoms with van der Waals surface area (Å²) in [6.07, 6.45) is 2.08. The first-order valence-electron chi connectivity index (χ1n) is 7.85. The minimum absolute atomic E-state index is 0.246. The monoisotopic (exact) mass is 378 g/mol. The highest BCUT2D eigenvalue weighted by Crippen LogP contribution is 2.41. The van der Waals surface area contributed by atoms with Crippen LogP contribution in [0, 0.1) is 0 Å². The standard InChI is InChI=1S/C17H18N2O4S2/c20-17(24)12-10-14(18-25(21)22)16(23-13-6-2-1-3-7-13)15(11-12)19-8-4-5-9-19/h1-3,6-7,10-11,25H,4-5,8-9H2,(H,20,24)(H,18,21,22). The fourth-order valence-corrected chi connectivity index (χ4v) is 3.31. The predicted octanol–water partition coefficient (Wildman–Crippen LogP) is 3.25. The highest BCUT2D eigenvalue weighted by Gasteiger charge is 2.22.